The van der Waals surface area contributed by atoms with Gasteiger partial charge in [-0.3, -0.25) is 0 Å². The van der Waals surface area contributed by atoms with Gasteiger partial charge in [-0.25, -0.2) is 0 Å². The molecule has 0 fully saturated rings. The fourth-order valence-electron chi connectivity index (χ4n) is 2.58. The predicted octanol–water partition coefficient (Wildman–Crippen LogP) is 3.56. The molecule has 18 heavy (non-hydrogen) atoms. The highest BCUT2D eigenvalue weighted by molar-refractivity contribution is 5.39. The second-order valence-corrected chi connectivity index (χ2v) is 4.83. The van der Waals surface area contributed by atoms with Crippen molar-refractivity contribution in [3.8, 4) is 0 Å². The van der Waals surface area contributed by atoms with Crippen molar-refractivity contribution < 1.29 is 13.2 Å². The third-order valence-corrected chi connectivity index (χ3v) is 3.47. The van der Waals surface area contributed by atoms with Crippen LogP contribution in [0.4, 0.5) is 13.2 Å². The van der Waals surface area contributed by atoms with Gasteiger partial charge >= 0.3 is 6.18 Å². The summed E-state index contributed by atoms with van der Waals surface area (Å²) >= 11 is 0. The van der Waals surface area contributed by atoms with Crippen molar-refractivity contribution in [2.24, 2.45) is 0 Å². The van der Waals surface area contributed by atoms with Crippen LogP contribution in [0.3, 0.4) is 0 Å². The number of rotatable bonds is 3. The van der Waals surface area contributed by atoms with E-state index in [1.807, 2.05) is 6.07 Å². The van der Waals surface area contributed by atoms with E-state index < -0.39 is 11.7 Å². The van der Waals surface area contributed by atoms with Gasteiger partial charge in [0.15, 0.2) is 0 Å². The fourth-order valence-corrected chi connectivity index (χ4v) is 2.58. The Hall–Kier alpha value is -1.03. The van der Waals surface area contributed by atoms with E-state index in [1.165, 1.54) is 12.1 Å². The highest BCUT2D eigenvalue weighted by Crippen LogP contribution is 2.36. The normalized spacial score (nSPS) is 19.7. The molecule has 1 nitrogen and oxygen atoms in total. The molecule has 2 rings (SSSR count). The van der Waals surface area contributed by atoms with E-state index >= 15 is 0 Å². The number of hydrogen-bond donors (Lipinski definition) is 1. The lowest BCUT2D eigenvalue weighted by Crippen LogP contribution is -2.36. The summed E-state index contributed by atoms with van der Waals surface area (Å²) in [4.78, 5) is 0. The number of halogens is 3. The van der Waals surface area contributed by atoms with Gasteiger partial charge in [0.05, 0.1) is 5.56 Å². The lowest BCUT2D eigenvalue weighted by molar-refractivity contribution is -0.138. The minimum atomic E-state index is -4.24. The van der Waals surface area contributed by atoms with Crippen molar-refractivity contribution in [1.82, 2.24) is 5.32 Å². The van der Waals surface area contributed by atoms with Gasteiger partial charge in [-0.05, 0) is 49.4 Å². The van der Waals surface area contributed by atoms with Crippen LogP contribution in [0.15, 0.2) is 18.2 Å². The predicted molar refractivity (Wildman–Crippen MR) is 65.6 cm³/mol. The average molecular weight is 257 g/mol. The van der Waals surface area contributed by atoms with Crippen LogP contribution >= 0.6 is 0 Å². The van der Waals surface area contributed by atoms with E-state index in [1.54, 1.807) is 0 Å². The zero-order valence-corrected chi connectivity index (χ0v) is 10.5. The van der Waals surface area contributed by atoms with Gasteiger partial charge in [-0.1, -0.05) is 19.1 Å². The van der Waals surface area contributed by atoms with Crippen molar-refractivity contribution >= 4 is 0 Å². The highest BCUT2D eigenvalue weighted by atomic mass is 19.4. The number of nitrogens with one attached hydrogen (secondary N) is 1. The molecule has 0 spiro atoms. The molecule has 1 aromatic rings. The fraction of sp³-hybridized carbons (Fsp3) is 0.571. The molecule has 1 atom stereocenters. The van der Waals surface area contributed by atoms with E-state index in [0.29, 0.717) is 12.0 Å². The van der Waals surface area contributed by atoms with E-state index in [4.69, 9.17) is 0 Å². The van der Waals surface area contributed by atoms with Gasteiger partial charge in [0.2, 0.25) is 0 Å². The Bertz CT molecular complexity index is 412. The van der Waals surface area contributed by atoms with Crippen LogP contribution in [0.25, 0.3) is 0 Å². The van der Waals surface area contributed by atoms with Gasteiger partial charge in [-0.2, -0.15) is 13.2 Å². The molecular weight excluding hydrogens is 239 g/mol. The second-order valence-electron chi connectivity index (χ2n) is 4.83. The summed E-state index contributed by atoms with van der Waals surface area (Å²) in [5, 5.41) is 3.32. The summed E-state index contributed by atoms with van der Waals surface area (Å²) in [7, 11) is 0. The Morgan fingerprint density at radius 3 is 2.78 bits per heavy atom. The average Bonchev–Trinajstić information content (AvgIpc) is 2.34. The van der Waals surface area contributed by atoms with Crippen LogP contribution in [0, 0.1) is 0 Å². The minimum Gasteiger partial charge on any atom is -0.314 e. The molecule has 4 heteroatoms. The van der Waals surface area contributed by atoms with Gasteiger partial charge in [-0.15, -0.1) is 0 Å². The number of benzene rings is 1. The molecule has 0 bridgehead atoms. The molecule has 1 aliphatic rings. The monoisotopic (exact) mass is 257 g/mol. The highest BCUT2D eigenvalue weighted by Gasteiger charge is 2.35. The first-order valence-corrected chi connectivity index (χ1v) is 6.43. The first kappa shape index (κ1) is 13.4. The van der Waals surface area contributed by atoms with E-state index in [0.717, 1.165) is 31.4 Å². The van der Waals surface area contributed by atoms with Crippen LogP contribution in [0.5, 0.6) is 0 Å². The maximum absolute atomic E-state index is 12.9. The first-order chi connectivity index (χ1) is 8.52. The number of fused-ring (bicyclic) bond motifs is 1. The Kier molecular flexibility index (Phi) is 3.95. The number of alkyl halides is 3. The molecule has 1 unspecified atom stereocenters. The van der Waals surface area contributed by atoms with Crippen molar-refractivity contribution in [2.75, 3.05) is 6.54 Å². The van der Waals surface area contributed by atoms with Crippen LogP contribution in [-0.4, -0.2) is 12.6 Å². The zero-order valence-electron chi connectivity index (χ0n) is 10.5. The summed E-state index contributed by atoms with van der Waals surface area (Å²) in [6, 6.07) is 4.71. The Morgan fingerprint density at radius 2 is 2.11 bits per heavy atom. The summed E-state index contributed by atoms with van der Waals surface area (Å²) in [5.74, 6) is 0. The summed E-state index contributed by atoms with van der Waals surface area (Å²) in [5.41, 5.74) is 0.896. The molecular formula is C14H18F3N. The van der Waals surface area contributed by atoms with Crippen molar-refractivity contribution in [3.63, 3.8) is 0 Å². The Balaban J connectivity index is 2.23. The molecule has 100 valence electrons. The third kappa shape index (κ3) is 2.86. The smallest absolute Gasteiger partial charge is 0.314 e. The molecule has 1 N–H and O–H groups in total. The zero-order chi connectivity index (χ0) is 13.2. The van der Waals surface area contributed by atoms with Gasteiger partial charge < -0.3 is 5.32 Å². The van der Waals surface area contributed by atoms with Crippen molar-refractivity contribution in [1.29, 1.82) is 0 Å². The van der Waals surface area contributed by atoms with E-state index in [-0.39, 0.29) is 6.04 Å². The molecule has 0 saturated carbocycles. The molecule has 0 saturated heterocycles. The summed E-state index contributed by atoms with van der Waals surface area (Å²) < 4.78 is 38.8. The largest absolute Gasteiger partial charge is 0.416 e. The lowest BCUT2D eigenvalue weighted by atomic mass is 9.85. The van der Waals surface area contributed by atoms with Crippen LogP contribution < -0.4 is 5.32 Å². The summed E-state index contributed by atoms with van der Waals surface area (Å²) in [6.45, 7) is 2.93. The number of aryl methyl sites for hydroxylation is 1. The van der Waals surface area contributed by atoms with E-state index in [2.05, 4.69) is 12.2 Å². The lowest BCUT2D eigenvalue weighted by Gasteiger charge is -2.28. The van der Waals surface area contributed by atoms with Gasteiger partial charge in [0, 0.05) is 6.04 Å². The topological polar surface area (TPSA) is 12.0 Å². The van der Waals surface area contributed by atoms with Gasteiger partial charge in [0.25, 0.3) is 0 Å². The molecule has 0 aliphatic heterocycles. The standard InChI is InChI=1S/C14H18F3N/c1-2-8-18-11-7-6-10-4-3-5-13(12(10)9-11)14(15,16)17/h3-5,11,18H,2,6-9H2,1H3. The van der Waals surface area contributed by atoms with Crippen LogP contribution in [-0.2, 0) is 19.0 Å². The molecule has 1 aromatic carbocycles. The Morgan fingerprint density at radius 1 is 1.33 bits per heavy atom. The molecule has 0 radical (unpaired) electrons. The summed E-state index contributed by atoms with van der Waals surface area (Å²) in [6.07, 6.45) is -1.08. The maximum atomic E-state index is 12.9. The van der Waals surface area contributed by atoms with Crippen molar-refractivity contribution in [3.05, 3.63) is 34.9 Å². The first-order valence-electron chi connectivity index (χ1n) is 6.43. The molecule has 0 aromatic heterocycles. The second kappa shape index (κ2) is 5.31. The number of hydrogen-bond acceptors (Lipinski definition) is 1. The quantitative estimate of drug-likeness (QED) is 0.873. The third-order valence-electron chi connectivity index (χ3n) is 3.47. The molecule has 0 heterocycles. The molecule has 1 aliphatic carbocycles. The van der Waals surface area contributed by atoms with Crippen LogP contribution in [0.1, 0.15) is 36.5 Å². The SMILES string of the molecule is CCCNC1CCc2cccc(C(F)(F)F)c2C1. The Labute approximate surface area is 105 Å². The molecule has 0 amide bonds. The maximum Gasteiger partial charge on any atom is 0.416 e. The van der Waals surface area contributed by atoms with E-state index in [9.17, 15) is 13.2 Å². The minimum absolute atomic E-state index is 0.181. The van der Waals surface area contributed by atoms with Crippen molar-refractivity contribution in [2.45, 2.75) is 44.8 Å². The van der Waals surface area contributed by atoms with Crippen LogP contribution in [0.2, 0.25) is 0 Å². The van der Waals surface area contributed by atoms with Gasteiger partial charge in [0.1, 0.15) is 0 Å².